The van der Waals surface area contributed by atoms with Gasteiger partial charge in [-0.1, -0.05) is 11.6 Å². The van der Waals surface area contributed by atoms with Crippen molar-refractivity contribution in [3.8, 4) is 0 Å². The van der Waals surface area contributed by atoms with E-state index in [0.717, 1.165) is 0 Å². The van der Waals surface area contributed by atoms with Gasteiger partial charge in [0, 0.05) is 37.6 Å². The fraction of sp³-hybridized carbons (Fsp3) is 0.583. The van der Waals surface area contributed by atoms with Crippen LogP contribution in [-0.4, -0.2) is 54.8 Å². The number of rotatable bonds is 2. The second kappa shape index (κ2) is 5.36. The van der Waals surface area contributed by atoms with Crippen LogP contribution in [0.25, 0.3) is 0 Å². The Morgan fingerprint density at radius 2 is 1.89 bits per heavy atom. The van der Waals surface area contributed by atoms with Crippen molar-refractivity contribution in [2.75, 3.05) is 20.1 Å². The van der Waals surface area contributed by atoms with Crippen LogP contribution in [-0.2, 0) is 10.0 Å². The normalized spacial score (nSPS) is 26.5. The fourth-order valence-corrected chi connectivity index (χ4v) is 4.25. The van der Waals surface area contributed by atoms with E-state index in [-0.39, 0.29) is 22.0 Å². The molecule has 0 saturated carbocycles. The summed E-state index contributed by atoms with van der Waals surface area (Å²) in [5, 5.41) is 0.217. The summed E-state index contributed by atoms with van der Waals surface area (Å²) in [6, 6.07) is 1.85. The molecule has 1 saturated heterocycles. The molecular weight excluding hydrogens is 286 g/mol. The van der Waals surface area contributed by atoms with Crippen LogP contribution in [0.15, 0.2) is 23.4 Å². The van der Waals surface area contributed by atoms with Gasteiger partial charge in [-0.25, -0.2) is 8.42 Å². The van der Waals surface area contributed by atoms with Crippen LogP contribution < -0.4 is 0 Å². The van der Waals surface area contributed by atoms with Crippen LogP contribution in [0.5, 0.6) is 0 Å². The number of nitrogens with zero attached hydrogens (tertiary/aromatic N) is 3. The van der Waals surface area contributed by atoms with Crippen molar-refractivity contribution in [1.29, 1.82) is 0 Å². The molecule has 0 spiro atoms. The zero-order valence-electron chi connectivity index (χ0n) is 11.2. The molecule has 0 bridgehead atoms. The third-order valence-electron chi connectivity index (χ3n) is 3.68. The molecule has 2 unspecified atom stereocenters. The lowest BCUT2D eigenvalue weighted by molar-refractivity contribution is 0.105. The highest BCUT2D eigenvalue weighted by Crippen LogP contribution is 2.26. The predicted octanol–water partition coefficient (Wildman–Crippen LogP) is 1.45. The monoisotopic (exact) mass is 303 g/mol. The molecule has 5 nitrogen and oxygen atoms in total. The third kappa shape index (κ3) is 2.76. The van der Waals surface area contributed by atoms with Crippen LogP contribution in [0, 0.1) is 0 Å². The molecule has 0 aliphatic carbocycles. The van der Waals surface area contributed by atoms with E-state index >= 15 is 0 Å². The molecule has 106 valence electrons. The SMILES string of the molecule is CC1CN(S(=O)(=O)c2cnccc2Cl)CC(C)N1C. The minimum Gasteiger partial charge on any atom is -0.298 e. The second-order valence-electron chi connectivity index (χ2n) is 4.99. The summed E-state index contributed by atoms with van der Waals surface area (Å²) in [7, 11) is -1.56. The molecule has 7 heteroatoms. The first-order chi connectivity index (χ1) is 8.84. The lowest BCUT2D eigenvalue weighted by Gasteiger charge is -2.41. The van der Waals surface area contributed by atoms with E-state index in [4.69, 9.17) is 11.6 Å². The molecule has 1 fully saturated rings. The van der Waals surface area contributed by atoms with Crippen LogP contribution >= 0.6 is 11.6 Å². The van der Waals surface area contributed by atoms with Gasteiger partial charge in [0.1, 0.15) is 4.90 Å². The smallest absolute Gasteiger partial charge is 0.246 e. The summed E-state index contributed by atoms with van der Waals surface area (Å²) in [6.45, 7) is 4.97. The van der Waals surface area contributed by atoms with E-state index in [1.165, 1.54) is 22.8 Å². The first kappa shape index (κ1) is 14.7. The Morgan fingerprint density at radius 1 is 1.32 bits per heavy atom. The Labute approximate surface area is 119 Å². The molecule has 0 radical (unpaired) electrons. The number of piperazine rings is 1. The summed E-state index contributed by atoms with van der Waals surface area (Å²) in [5.41, 5.74) is 0. The highest BCUT2D eigenvalue weighted by Gasteiger charge is 2.35. The fourth-order valence-electron chi connectivity index (χ4n) is 2.24. The zero-order valence-corrected chi connectivity index (χ0v) is 12.8. The highest BCUT2D eigenvalue weighted by molar-refractivity contribution is 7.89. The lowest BCUT2D eigenvalue weighted by Crippen LogP contribution is -2.56. The Kier molecular flexibility index (Phi) is 4.15. The molecule has 2 atom stereocenters. The maximum atomic E-state index is 12.6. The first-order valence-electron chi connectivity index (χ1n) is 6.15. The predicted molar refractivity (Wildman–Crippen MR) is 74.7 cm³/mol. The average molecular weight is 304 g/mol. The average Bonchev–Trinajstić information content (AvgIpc) is 2.35. The topological polar surface area (TPSA) is 53.5 Å². The van der Waals surface area contributed by atoms with E-state index in [1.54, 1.807) is 0 Å². The van der Waals surface area contributed by atoms with Gasteiger partial charge >= 0.3 is 0 Å². The van der Waals surface area contributed by atoms with E-state index in [9.17, 15) is 8.42 Å². The van der Waals surface area contributed by atoms with Crippen LogP contribution in [0.3, 0.4) is 0 Å². The first-order valence-corrected chi connectivity index (χ1v) is 7.97. The Bertz CT molecular complexity index is 552. The molecule has 1 aliphatic heterocycles. The maximum absolute atomic E-state index is 12.6. The second-order valence-corrected chi connectivity index (χ2v) is 7.31. The molecule has 2 heterocycles. The minimum atomic E-state index is -3.57. The van der Waals surface area contributed by atoms with Gasteiger partial charge in [-0.05, 0) is 27.0 Å². The van der Waals surface area contributed by atoms with Crippen molar-refractivity contribution in [3.05, 3.63) is 23.5 Å². The number of halogens is 1. The van der Waals surface area contributed by atoms with Crippen LogP contribution in [0.4, 0.5) is 0 Å². The number of pyridine rings is 1. The van der Waals surface area contributed by atoms with Crippen LogP contribution in [0.2, 0.25) is 5.02 Å². The van der Waals surface area contributed by atoms with Gasteiger partial charge < -0.3 is 0 Å². The van der Waals surface area contributed by atoms with E-state index < -0.39 is 10.0 Å². The standard InChI is InChI=1S/C12H18ClN3O2S/c1-9-7-16(8-10(2)15(9)3)19(17,18)12-6-14-5-4-11(12)13/h4-6,9-10H,7-8H2,1-3H3. The Balaban J connectivity index is 2.34. The van der Waals surface area contributed by atoms with Gasteiger partial charge in [0.05, 0.1) is 5.02 Å². The zero-order chi connectivity index (χ0) is 14.2. The molecule has 0 aromatic carbocycles. The number of hydrogen-bond donors (Lipinski definition) is 0. The third-order valence-corrected chi connectivity index (χ3v) is 5.98. The maximum Gasteiger partial charge on any atom is 0.246 e. The summed E-state index contributed by atoms with van der Waals surface area (Å²) >= 11 is 5.97. The molecule has 1 aromatic rings. The number of likely N-dealkylation sites (N-methyl/N-ethyl adjacent to an activating group) is 1. The number of hydrogen-bond acceptors (Lipinski definition) is 4. The van der Waals surface area contributed by atoms with E-state index in [2.05, 4.69) is 9.88 Å². The molecule has 1 aromatic heterocycles. The Morgan fingerprint density at radius 3 is 2.42 bits per heavy atom. The summed E-state index contributed by atoms with van der Waals surface area (Å²) in [5.74, 6) is 0. The molecule has 0 N–H and O–H groups in total. The van der Waals surface area contributed by atoms with Crippen molar-refractivity contribution in [2.45, 2.75) is 30.8 Å². The van der Waals surface area contributed by atoms with Crippen molar-refractivity contribution in [3.63, 3.8) is 0 Å². The molecule has 0 amide bonds. The van der Waals surface area contributed by atoms with E-state index in [0.29, 0.717) is 13.1 Å². The Hall–Kier alpha value is -0.690. The van der Waals surface area contributed by atoms with Gasteiger partial charge in [0.15, 0.2) is 0 Å². The van der Waals surface area contributed by atoms with Crippen molar-refractivity contribution >= 4 is 21.6 Å². The molecular formula is C12H18ClN3O2S. The summed E-state index contributed by atoms with van der Waals surface area (Å²) in [4.78, 5) is 6.12. The van der Waals surface area contributed by atoms with Gasteiger partial charge in [-0.15, -0.1) is 0 Å². The number of aromatic nitrogens is 1. The van der Waals surface area contributed by atoms with Gasteiger partial charge in [0.25, 0.3) is 0 Å². The van der Waals surface area contributed by atoms with Crippen LogP contribution in [0.1, 0.15) is 13.8 Å². The van der Waals surface area contributed by atoms with E-state index in [1.807, 2.05) is 20.9 Å². The highest BCUT2D eigenvalue weighted by atomic mass is 35.5. The van der Waals surface area contributed by atoms with Crippen molar-refractivity contribution in [1.82, 2.24) is 14.2 Å². The van der Waals surface area contributed by atoms with Gasteiger partial charge in [-0.2, -0.15) is 4.31 Å². The molecule has 19 heavy (non-hydrogen) atoms. The van der Waals surface area contributed by atoms with Crippen molar-refractivity contribution < 1.29 is 8.42 Å². The van der Waals surface area contributed by atoms with Gasteiger partial charge in [-0.3, -0.25) is 9.88 Å². The quantitative estimate of drug-likeness (QED) is 0.830. The minimum absolute atomic E-state index is 0.0839. The largest absolute Gasteiger partial charge is 0.298 e. The lowest BCUT2D eigenvalue weighted by atomic mass is 10.1. The summed E-state index contributed by atoms with van der Waals surface area (Å²) < 4.78 is 26.7. The van der Waals surface area contributed by atoms with Gasteiger partial charge in [0.2, 0.25) is 10.0 Å². The molecule has 2 rings (SSSR count). The van der Waals surface area contributed by atoms with Crippen molar-refractivity contribution in [2.24, 2.45) is 0 Å². The number of sulfonamides is 1. The summed E-state index contributed by atoms with van der Waals surface area (Å²) in [6.07, 6.45) is 2.79. The molecule has 1 aliphatic rings.